The van der Waals surface area contributed by atoms with Crippen LogP contribution in [0.25, 0.3) is 6.08 Å². The second kappa shape index (κ2) is 6.63. The Morgan fingerprint density at radius 3 is 2.58 bits per heavy atom. The minimum atomic E-state index is -0.275. The predicted octanol–water partition coefficient (Wildman–Crippen LogP) is 4.47. The Bertz CT molecular complexity index is 770. The first-order chi connectivity index (χ1) is 11.5. The van der Waals surface area contributed by atoms with E-state index in [0.29, 0.717) is 6.04 Å². The topological polar surface area (TPSA) is 34.0 Å². The Balaban J connectivity index is 1.65. The van der Waals surface area contributed by atoms with Crippen LogP contribution in [-0.2, 0) is 4.79 Å². The molecule has 1 N–H and O–H groups in total. The fourth-order valence-corrected chi connectivity index (χ4v) is 3.13. The van der Waals surface area contributed by atoms with Gasteiger partial charge in [0.05, 0.1) is 6.04 Å². The van der Waals surface area contributed by atoms with Gasteiger partial charge < -0.3 is 9.88 Å². The van der Waals surface area contributed by atoms with Crippen molar-refractivity contribution >= 4 is 12.0 Å². The first-order valence-electron chi connectivity index (χ1n) is 8.38. The standard InChI is InChI=1S/C20H23FN2O/c1-13-12-17(15(3)23(13)19-9-10-19)6-11-20(24)22-14(2)16-4-7-18(21)8-5-16/h4-8,11-12,14,19H,9-10H2,1-3H3,(H,22,24)/b11-6+/t14-/m1/s1. The number of carbonyl (C=O) groups excluding carboxylic acids is 1. The summed E-state index contributed by atoms with van der Waals surface area (Å²) in [6.07, 6.45) is 5.93. The first kappa shape index (κ1) is 16.5. The summed E-state index contributed by atoms with van der Waals surface area (Å²) in [7, 11) is 0. The Morgan fingerprint density at radius 2 is 1.96 bits per heavy atom. The summed E-state index contributed by atoms with van der Waals surface area (Å²) in [5, 5.41) is 2.91. The summed E-state index contributed by atoms with van der Waals surface area (Å²) in [4.78, 5) is 12.1. The number of nitrogens with one attached hydrogen (secondary N) is 1. The fourth-order valence-electron chi connectivity index (χ4n) is 3.13. The largest absolute Gasteiger partial charge is 0.346 e. The average Bonchev–Trinajstić information content (AvgIpc) is 3.32. The van der Waals surface area contributed by atoms with Crippen molar-refractivity contribution in [2.45, 2.75) is 45.7 Å². The molecule has 1 saturated carbocycles. The first-order valence-corrected chi connectivity index (χ1v) is 8.38. The van der Waals surface area contributed by atoms with Crippen molar-refractivity contribution in [3.05, 3.63) is 64.7 Å². The molecule has 1 aliphatic rings. The van der Waals surface area contributed by atoms with E-state index in [4.69, 9.17) is 0 Å². The van der Waals surface area contributed by atoms with Crippen LogP contribution in [0, 0.1) is 19.7 Å². The summed E-state index contributed by atoms with van der Waals surface area (Å²) in [5.74, 6) is -0.425. The van der Waals surface area contributed by atoms with E-state index in [-0.39, 0.29) is 17.8 Å². The molecule has 1 aromatic carbocycles. The van der Waals surface area contributed by atoms with E-state index in [1.54, 1.807) is 18.2 Å². The molecule has 1 aromatic heterocycles. The van der Waals surface area contributed by atoms with Gasteiger partial charge in [0.25, 0.3) is 0 Å². The highest BCUT2D eigenvalue weighted by Gasteiger charge is 2.26. The third kappa shape index (κ3) is 3.58. The SMILES string of the molecule is Cc1cc(/C=C/C(=O)N[C@H](C)c2ccc(F)cc2)c(C)n1C1CC1. The smallest absolute Gasteiger partial charge is 0.244 e. The lowest BCUT2D eigenvalue weighted by molar-refractivity contribution is -0.117. The molecule has 0 saturated heterocycles. The van der Waals surface area contributed by atoms with Crippen LogP contribution in [0.1, 0.15) is 54.4 Å². The molecule has 0 spiro atoms. The lowest BCUT2D eigenvalue weighted by Crippen LogP contribution is -2.24. The van der Waals surface area contributed by atoms with Crippen molar-refractivity contribution in [2.75, 3.05) is 0 Å². The van der Waals surface area contributed by atoms with Crippen LogP contribution >= 0.6 is 0 Å². The van der Waals surface area contributed by atoms with E-state index in [2.05, 4.69) is 29.8 Å². The molecule has 3 rings (SSSR count). The van der Waals surface area contributed by atoms with E-state index in [1.807, 2.05) is 13.0 Å². The molecule has 1 heterocycles. The number of nitrogens with zero attached hydrogens (tertiary/aromatic N) is 1. The highest BCUT2D eigenvalue weighted by Crippen LogP contribution is 2.38. The Hall–Kier alpha value is -2.36. The number of aryl methyl sites for hydroxylation is 1. The van der Waals surface area contributed by atoms with Crippen molar-refractivity contribution in [3.63, 3.8) is 0 Å². The molecule has 2 aromatic rings. The molecule has 1 aliphatic carbocycles. The van der Waals surface area contributed by atoms with Gasteiger partial charge in [0, 0.05) is 23.5 Å². The van der Waals surface area contributed by atoms with Crippen LogP contribution < -0.4 is 5.32 Å². The van der Waals surface area contributed by atoms with Gasteiger partial charge in [0.15, 0.2) is 0 Å². The number of hydrogen-bond acceptors (Lipinski definition) is 1. The van der Waals surface area contributed by atoms with Gasteiger partial charge in [-0.25, -0.2) is 4.39 Å². The van der Waals surface area contributed by atoms with Gasteiger partial charge in [0.2, 0.25) is 5.91 Å². The lowest BCUT2D eigenvalue weighted by atomic mass is 10.1. The van der Waals surface area contributed by atoms with E-state index in [9.17, 15) is 9.18 Å². The molecule has 126 valence electrons. The molecule has 3 nitrogen and oxygen atoms in total. The maximum absolute atomic E-state index is 13.0. The number of amides is 1. The van der Waals surface area contributed by atoms with Gasteiger partial charge in [-0.1, -0.05) is 12.1 Å². The van der Waals surface area contributed by atoms with Crippen LogP contribution in [0.3, 0.4) is 0 Å². The summed E-state index contributed by atoms with van der Waals surface area (Å²) in [6, 6.07) is 8.78. The molecule has 24 heavy (non-hydrogen) atoms. The summed E-state index contributed by atoms with van der Waals surface area (Å²) < 4.78 is 15.3. The highest BCUT2D eigenvalue weighted by molar-refractivity contribution is 5.92. The van der Waals surface area contributed by atoms with Gasteiger partial charge in [-0.15, -0.1) is 0 Å². The Labute approximate surface area is 142 Å². The van der Waals surface area contributed by atoms with Crippen molar-refractivity contribution < 1.29 is 9.18 Å². The molecule has 0 bridgehead atoms. The van der Waals surface area contributed by atoms with Crippen LogP contribution in [0.15, 0.2) is 36.4 Å². The van der Waals surface area contributed by atoms with Gasteiger partial charge >= 0.3 is 0 Å². The quantitative estimate of drug-likeness (QED) is 0.808. The normalized spacial score (nSPS) is 15.7. The maximum atomic E-state index is 13.0. The third-order valence-corrected chi connectivity index (χ3v) is 4.58. The van der Waals surface area contributed by atoms with Crippen molar-refractivity contribution in [3.8, 4) is 0 Å². The fraction of sp³-hybridized carbons (Fsp3) is 0.350. The molecule has 4 heteroatoms. The Kier molecular flexibility index (Phi) is 4.56. The second-order valence-corrected chi connectivity index (χ2v) is 6.54. The van der Waals surface area contributed by atoms with Crippen LogP contribution in [-0.4, -0.2) is 10.5 Å². The van der Waals surface area contributed by atoms with Crippen LogP contribution in [0.4, 0.5) is 4.39 Å². The van der Waals surface area contributed by atoms with Crippen molar-refractivity contribution in [1.29, 1.82) is 0 Å². The molecular weight excluding hydrogens is 303 g/mol. The average molecular weight is 326 g/mol. The zero-order valence-electron chi connectivity index (χ0n) is 14.3. The molecular formula is C20H23FN2O. The third-order valence-electron chi connectivity index (χ3n) is 4.58. The number of rotatable bonds is 5. The second-order valence-electron chi connectivity index (χ2n) is 6.54. The molecule has 0 aliphatic heterocycles. The molecule has 1 amide bonds. The number of hydrogen-bond donors (Lipinski definition) is 1. The zero-order chi connectivity index (χ0) is 17.3. The van der Waals surface area contributed by atoms with Gasteiger partial charge in [-0.2, -0.15) is 0 Å². The summed E-state index contributed by atoms with van der Waals surface area (Å²) >= 11 is 0. The molecule has 1 atom stereocenters. The van der Waals surface area contributed by atoms with E-state index >= 15 is 0 Å². The number of benzene rings is 1. The monoisotopic (exact) mass is 326 g/mol. The molecule has 0 unspecified atom stereocenters. The molecule has 0 radical (unpaired) electrons. The van der Waals surface area contributed by atoms with Gasteiger partial charge in [-0.05, 0) is 69.0 Å². The maximum Gasteiger partial charge on any atom is 0.244 e. The van der Waals surface area contributed by atoms with Crippen molar-refractivity contribution in [1.82, 2.24) is 9.88 Å². The minimum absolute atomic E-state index is 0.150. The summed E-state index contributed by atoms with van der Waals surface area (Å²) in [5.41, 5.74) is 4.43. The number of carbonyl (C=O) groups is 1. The lowest BCUT2D eigenvalue weighted by Gasteiger charge is -2.12. The molecule has 1 fully saturated rings. The zero-order valence-corrected chi connectivity index (χ0v) is 14.3. The number of halogens is 1. The van der Waals surface area contributed by atoms with E-state index in [1.165, 1.54) is 36.4 Å². The number of aromatic nitrogens is 1. The van der Waals surface area contributed by atoms with Gasteiger partial charge in [0.1, 0.15) is 5.82 Å². The van der Waals surface area contributed by atoms with Crippen LogP contribution in [0.2, 0.25) is 0 Å². The van der Waals surface area contributed by atoms with Gasteiger partial charge in [-0.3, -0.25) is 4.79 Å². The van der Waals surface area contributed by atoms with Crippen LogP contribution in [0.5, 0.6) is 0 Å². The predicted molar refractivity (Wildman–Crippen MR) is 94.2 cm³/mol. The van der Waals surface area contributed by atoms with E-state index < -0.39 is 0 Å². The summed E-state index contributed by atoms with van der Waals surface area (Å²) in [6.45, 7) is 6.10. The van der Waals surface area contributed by atoms with Crippen molar-refractivity contribution in [2.24, 2.45) is 0 Å². The van der Waals surface area contributed by atoms with E-state index in [0.717, 1.165) is 11.1 Å². The minimum Gasteiger partial charge on any atom is -0.346 e. The highest BCUT2D eigenvalue weighted by atomic mass is 19.1. The Morgan fingerprint density at radius 1 is 1.29 bits per heavy atom.